The van der Waals surface area contributed by atoms with Crippen LogP contribution in [0, 0.1) is 0 Å². The normalized spacial score (nSPS) is 20.8. The first kappa shape index (κ1) is 16.5. The molecule has 0 bridgehead atoms. The number of carbonyl (C=O) groups is 1. The Morgan fingerprint density at radius 2 is 1.79 bits per heavy atom. The van der Waals surface area contributed by atoms with E-state index in [1.807, 2.05) is 6.07 Å². The lowest BCUT2D eigenvalue weighted by molar-refractivity contribution is 0.0929. The zero-order chi connectivity index (χ0) is 16.7. The van der Waals surface area contributed by atoms with Crippen molar-refractivity contribution < 1.29 is 4.79 Å². The fourth-order valence-corrected chi connectivity index (χ4v) is 10.5. The number of H-pyrrole nitrogens is 1. The molecular weight excluding hydrogens is 359 g/mol. The summed E-state index contributed by atoms with van der Waals surface area (Å²) in [5.74, 6) is -0.0348. The van der Waals surface area contributed by atoms with Crippen LogP contribution in [0.2, 0.25) is 34.2 Å². The maximum atomic E-state index is 12.6. The summed E-state index contributed by atoms with van der Waals surface area (Å²) in [6.45, 7) is 0. The Balaban J connectivity index is 1.44. The highest BCUT2D eigenvalue weighted by molar-refractivity contribution is 6.80. The largest absolute Gasteiger partial charge is 0.350 e. The van der Waals surface area contributed by atoms with Crippen molar-refractivity contribution in [3.05, 3.63) is 33.9 Å². The molecule has 2 saturated heterocycles. The monoisotopic (exact) mass is 380 g/mol. The van der Waals surface area contributed by atoms with E-state index in [4.69, 9.17) is 23.2 Å². The summed E-state index contributed by atoms with van der Waals surface area (Å²) in [6.07, 6.45) is 5.21. The van der Waals surface area contributed by atoms with Gasteiger partial charge in [0.1, 0.15) is 5.69 Å². The van der Waals surface area contributed by atoms with Gasteiger partial charge in [-0.15, -0.1) is 0 Å². The average molecular weight is 381 g/mol. The number of hydrogen-bond donors (Lipinski definition) is 2. The van der Waals surface area contributed by atoms with Crippen molar-refractivity contribution >= 4 is 48.1 Å². The molecule has 2 N–H and O–H groups in total. The van der Waals surface area contributed by atoms with Crippen molar-refractivity contribution in [1.82, 2.24) is 10.3 Å². The third-order valence-corrected chi connectivity index (χ3v) is 12.0. The Hall–Kier alpha value is -0.973. The molecule has 1 aromatic heterocycles. The van der Waals surface area contributed by atoms with Crippen LogP contribution in [-0.4, -0.2) is 25.0 Å². The average Bonchev–Trinajstić information content (AvgIpc) is 3.17. The van der Waals surface area contributed by atoms with Gasteiger partial charge in [0.25, 0.3) is 5.91 Å². The third-order valence-electron chi connectivity index (χ3n) is 5.94. The summed E-state index contributed by atoms with van der Waals surface area (Å²) in [5.41, 5.74) is 1.37. The second-order valence-electron chi connectivity index (χ2n) is 7.49. The lowest BCUT2D eigenvalue weighted by atomic mass is 10.1. The van der Waals surface area contributed by atoms with Gasteiger partial charge < -0.3 is 10.3 Å². The van der Waals surface area contributed by atoms with Gasteiger partial charge in [0.2, 0.25) is 0 Å². The lowest BCUT2D eigenvalue weighted by Crippen LogP contribution is -2.43. The molecule has 1 spiro atoms. The molecule has 1 amide bonds. The van der Waals surface area contributed by atoms with Crippen LogP contribution in [-0.2, 0) is 0 Å². The standard InChI is InChI=1S/C18H22Cl2N2OSi/c19-12-9-15(20)14-11-17(22-16(14)10-12)18(23)21-13-3-7-24(8-4-13)5-1-2-6-24/h9-11,13,22H,1-8H2,(H,21,23). The van der Waals surface area contributed by atoms with Crippen LogP contribution in [0.25, 0.3) is 10.9 Å². The van der Waals surface area contributed by atoms with Gasteiger partial charge in [-0.25, -0.2) is 0 Å². The van der Waals surface area contributed by atoms with Crippen molar-refractivity contribution in [3.8, 4) is 0 Å². The molecule has 0 radical (unpaired) electrons. The van der Waals surface area contributed by atoms with Crippen LogP contribution in [0.4, 0.5) is 0 Å². The van der Waals surface area contributed by atoms with Crippen LogP contribution >= 0.6 is 23.2 Å². The highest BCUT2D eigenvalue weighted by Gasteiger charge is 2.39. The molecular formula is C18H22Cl2N2OSi. The van der Waals surface area contributed by atoms with E-state index >= 15 is 0 Å². The number of fused-ring (bicyclic) bond motifs is 1. The van der Waals surface area contributed by atoms with Crippen LogP contribution < -0.4 is 5.32 Å². The van der Waals surface area contributed by atoms with Crippen molar-refractivity contribution in [2.24, 2.45) is 0 Å². The number of hydrogen-bond acceptors (Lipinski definition) is 1. The zero-order valence-electron chi connectivity index (χ0n) is 13.6. The van der Waals surface area contributed by atoms with E-state index in [0.29, 0.717) is 21.8 Å². The molecule has 2 aliphatic rings. The first-order valence-electron chi connectivity index (χ1n) is 8.83. The molecule has 3 nitrogen and oxygen atoms in total. The first-order valence-corrected chi connectivity index (χ1v) is 12.4. The quantitative estimate of drug-likeness (QED) is 0.653. The maximum absolute atomic E-state index is 12.6. The summed E-state index contributed by atoms with van der Waals surface area (Å²) >= 11 is 12.2. The Bertz CT molecular complexity index is 773. The Morgan fingerprint density at radius 1 is 1.08 bits per heavy atom. The molecule has 0 atom stereocenters. The van der Waals surface area contributed by atoms with Gasteiger partial charge in [-0.3, -0.25) is 4.79 Å². The van der Waals surface area contributed by atoms with Crippen LogP contribution in [0.5, 0.6) is 0 Å². The fourth-order valence-electron chi connectivity index (χ4n) is 4.55. The van der Waals surface area contributed by atoms with Crippen molar-refractivity contribution in [3.63, 3.8) is 0 Å². The number of aromatic nitrogens is 1. The molecule has 6 heteroatoms. The molecule has 24 heavy (non-hydrogen) atoms. The fraction of sp³-hybridized carbons (Fsp3) is 0.500. The minimum Gasteiger partial charge on any atom is -0.350 e. The van der Waals surface area contributed by atoms with E-state index in [9.17, 15) is 4.79 Å². The van der Waals surface area contributed by atoms with Crippen molar-refractivity contribution in [2.45, 2.75) is 55.9 Å². The summed E-state index contributed by atoms with van der Waals surface area (Å²) < 4.78 is 0. The Morgan fingerprint density at radius 3 is 2.50 bits per heavy atom. The molecule has 128 valence electrons. The smallest absolute Gasteiger partial charge is 0.267 e. The van der Waals surface area contributed by atoms with Crippen LogP contribution in [0.15, 0.2) is 18.2 Å². The minimum atomic E-state index is -0.923. The van der Waals surface area contributed by atoms with Gasteiger partial charge in [-0.2, -0.15) is 0 Å². The molecule has 2 aromatic rings. The lowest BCUT2D eigenvalue weighted by Gasteiger charge is -2.35. The van der Waals surface area contributed by atoms with Gasteiger partial charge in [0.15, 0.2) is 0 Å². The zero-order valence-corrected chi connectivity index (χ0v) is 16.1. The second kappa shape index (κ2) is 6.39. The van der Waals surface area contributed by atoms with Gasteiger partial charge in [-0.1, -0.05) is 60.2 Å². The topological polar surface area (TPSA) is 44.9 Å². The highest BCUT2D eigenvalue weighted by atomic mass is 35.5. The van der Waals surface area contributed by atoms with E-state index in [1.165, 1.54) is 37.0 Å². The molecule has 0 saturated carbocycles. The van der Waals surface area contributed by atoms with Gasteiger partial charge in [0, 0.05) is 22.0 Å². The molecule has 0 aliphatic carbocycles. The number of rotatable bonds is 2. The number of carbonyl (C=O) groups excluding carboxylic acids is 1. The number of halogens is 2. The summed E-state index contributed by atoms with van der Waals surface area (Å²) in [7, 11) is -0.923. The van der Waals surface area contributed by atoms with Gasteiger partial charge >= 0.3 is 0 Å². The first-order chi connectivity index (χ1) is 11.5. The molecule has 4 rings (SSSR count). The Labute approximate surface area is 153 Å². The number of aromatic amines is 1. The highest BCUT2D eigenvalue weighted by Crippen LogP contribution is 2.42. The minimum absolute atomic E-state index is 0.0348. The van der Waals surface area contributed by atoms with E-state index in [-0.39, 0.29) is 5.91 Å². The summed E-state index contributed by atoms with van der Waals surface area (Å²) in [5, 5.41) is 5.19. The maximum Gasteiger partial charge on any atom is 0.267 e. The van der Waals surface area contributed by atoms with E-state index in [0.717, 1.165) is 23.7 Å². The molecule has 2 aliphatic heterocycles. The molecule has 1 aromatic carbocycles. The number of nitrogens with one attached hydrogen (secondary N) is 2. The summed E-state index contributed by atoms with van der Waals surface area (Å²) in [6, 6.07) is 11.5. The molecule has 3 heterocycles. The summed E-state index contributed by atoms with van der Waals surface area (Å²) in [4.78, 5) is 15.7. The van der Waals surface area contributed by atoms with E-state index in [2.05, 4.69) is 10.3 Å². The van der Waals surface area contributed by atoms with Crippen LogP contribution in [0.3, 0.4) is 0 Å². The molecule has 0 unspecified atom stereocenters. The SMILES string of the molecule is O=C(NC1CC[Si]2(CCCC2)CC1)c1cc2c(Cl)cc(Cl)cc2[nH]1. The van der Waals surface area contributed by atoms with Crippen molar-refractivity contribution in [2.75, 3.05) is 0 Å². The van der Waals surface area contributed by atoms with E-state index < -0.39 is 8.07 Å². The predicted octanol–water partition coefficient (Wildman–Crippen LogP) is 5.61. The van der Waals surface area contributed by atoms with Gasteiger partial charge in [0.05, 0.1) is 13.1 Å². The number of benzene rings is 1. The number of amides is 1. The third kappa shape index (κ3) is 3.12. The predicted molar refractivity (Wildman–Crippen MR) is 103 cm³/mol. The van der Waals surface area contributed by atoms with Gasteiger partial charge in [-0.05, 0) is 31.0 Å². The van der Waals surface area contributed by atoms with Crippen molar-refractivity contribution in [1.29, 1.82) is 0 Å². The molecule has 2 fully saturated rings. The second-order valence-corrected chi connectivity index (χ2v) is 13.3. The van der Waals surface area contributed by atoms with E-state index in [1.54, 1.807) is 12.1 Å². The van der Waals surface area contributed by atoms with Crippen LogP contribution in [0.1, 0.15) is 36.2 Å². The Kier molecular flexibility index (Phi) is 4.39.